The molecule has 3 heteroatoms. The zero-order valence-corrected chi connectivity index (χ0v) is 15.7. The minimum Gasteiger partial charge on any atom is -0.507 e. The van der Waals surface area contributed by atoms with Gasteiger partial charge in [0.2, 0.25) is 0 Å². The van der Waals surface area contributed by atoms with Crippen LogP contribution < -0.4 is 4.74 Å². The normalized spacial score (nSPS) is 10.5. The van der Waals surface area contributed by atoms with Crippen LogP contribution in [0.2, 0.25) is 0 Å². The van der Waals surface area contributed by atoms with Crippen LogP contribution in [0.1, 0.15) is 39.2 Å². The van der Waals surface area contributed by atoms with Gasteiger partial charge >= 0.3 is 0 Å². The molecule has 1 N–H and O–H groups in total. The molecule has 0 unspecified atom stereocenters. The lowest BCUT2D eigenvalue weighted by atomic mass is 10.1. The van der Waals surface area contributed by atoms with Gasteiger partial charge in [0, 0.05) is 5.56 Å². The fourth-order valence-corrected chi connectivity index (χ4v) is 2.23. The van der Waals surface area contributed by atoms with Gasteiger partial charge in [-0.15, -0.1) is 13.2 Å². The first kappa shape index (κ1) is 20.5. The summed E-state index contributed by atoms with van der Waals surface area (Å²) < 4.78 is 6.00. The van der Waals surface area contributed by atoms with Gasteiger partial charge in [0.25, 0.3) is 0 Å². The van der Waals surface area contributed by atoms with Crippen molar-refractivity contribution in [1.82, 2.24) is 0 Å². The van der Waals surface area contributed by atoms with Gasteiger partial charge in [-0.1, -0.05) is 23.3 Å². The topological polar surface area (TPSA) is 29.5 Å². The van der Waals surface area contributed by atoms with Crippen LogP contribution in [-0.4, -0.2) is 12.2 Å². The molecule has 2 nitrogen and oxygen atoms in total. The van der Waals surface area contributed by atoms with Gasteiger partial charge in [-0.2, -0.15) is 0 Å². The second-order valence-corrected chi connectivity index (χ2v) is 6.04. The van der Waals surface area contributed by atoms with Crippen LogP contribution in [0.5, 0.6) is 11.5 Å². The molecule has 122 valence electrons. The number of ether oxygens (including phenoxy) is 1. The number of phenols is 1. The molecular weight excluding hydrogens is 340 g/mol. The molecule has 0 amide bonds. The number of benzene rings is 1. The number of methoxy groups -OCH3 is 1. The molecule has 0 saturated carbocycles. The maximum absolute atomic E-state index is 9.76. The van der Waals surface area contributed by atoms with Gasteiger partial charge in [0.1, 0.15) is 11.5 Å². The summed E-state index contributed by atoms with van der Waals surface area (Å²) >= 11 is 3.30. The maximum Gasteiger partial charge on any atom is 0.130 e. The lowest BCUT2D eigenvalue weighted by molar-refractivity contribution is 0.407. The number of phenolic OH excluding ortho intramolecular Hbond substituents is 1. The Labute approximate surface area is 143 Å². The molecule has 0 heterocycles. The average Bonchev–Trinajstić information content (AvgIpc) is 2.49. The number of halogens is 1. The Morgan fingerprint density at radius 1 is 1.23 bits per heavy atom. The van der Waals surface area contributed by atoms with E-state index < -0.39 is 0 Å². The fraction of sp³-hybridized carbons (Fsp3) is 0.368. The molecule has 0 atom stereocenters. The van der Waals surface area contributed by atoms with E-state index in [1.165, 1.54) is 11.1 Å². The van der Waals surface area contributed by atoms with E-state index in [-0.39, 0.29) is 5.75 Å². The Morgan fingerprint density at radius 2 is 1.86 bits per heavy atom. The van der Waals surface area contributed by atoms with Crippen LogP contribution in [0, 0.1) is 0 Å². The van der Waals surface area contributed by atoms with E-state index in [2.05, 4.69) is 62.0 Å². The first-order valence-electron chi connectivity index (χ1n) is 7.28. The zero-order valence-electron chi connectivity index (χ0n) is 14.1. The predicted molar refractivity (Wildman–Crippen MR) is 99.7 cm³/mol. The highest BCUT2D eigenvalue weighted by atomic mass is 79.9. The summed E-state index contributed by atoms with van der Waals surface area (Å²) in [5.41, 5.74) is 3.71. The highest BCUT2D eigenvalue weighted by molar-refractivity contribution is 9.10. The van der Waals surface area contributed by atoms with Crippen molar-refractivity contribution in [3.05, 3.63) is 58.6 Å². The highest BCUT2D eigenvalue weighted by Crippen LogP contribution is 2.32. The third-order valence-electron chi connectivity index (χ3n) is 3.11. The Morgan fingerprint density at radius 3 is 2.41 bits per heavy atom. The smallest absolute Gasteiger partial charge is 0.130 e. The summed E-state index contributed by atoms with van der Waals surface area (Å²) in [4.78, 5) is 0. The van der Waals surface area contributed by atoms with E-state index >= 15 is 0 Å². The van der Waals surface area contributed by atoms with E-state index in [0.717, 1.165) is 30.6 Å². The second-order valence-electron chi connectivity index (χ2n) is 5.19. The third kappa shape index (κ3) is 7.51. The minimum atomic E-state index is 0.247. The van der Waals surface area contributed by atoms with Gasteiger partial charge in [0.05, 0.1) is 11.6 Å². The summed E-state index contributed by atoms with van der Waals surface area (Å²) in [5.74, 6) is 1.04. The molecule has 0 radical (unpaired) electrons. The molecule has 1 aromatic carbocycles. The van der Waals surface area contributed by atoms with E-state index in [1.807, 2.05) is 0 Å². The van der Waals surface area contributed by atoms with Crippen molar-refractivity contribution in [2.75, 3.05) is 7.11 Å². The van der Waals surface area contributed by atoms with Crippen molar-refractivity contribution in [3.63, 3.8) is 0 Å². The molecule has 0 aliphatic rings. The molecule has 0 spiro atoms. The van der Waals surface area contributed by atoms with Gasteiger partial charge in [-0.05, 0) is 68.1 Å². The summed E-state index contributed by atoms with van der Waals surface area (Å²) in [6.07, 6.45) is 7.36. The molecule has 0 bridgehead atoms. The van der Waals surface area contributed by atoms with Gasteiger partial charge in [-0.25, -0.2) is 0 Å². The van der Waals surface area contributed by atoms with Crippen molar-refractivity contribution < 1.29 is 9.84 Å². The first-order valence-corrected chi connectivity index (χ1v) is 8.07. The standard InChI is InChI=1S/C17H23BrO2.C2H4/c1-12(2)6-5-7-13(3)8-9-14-10-16(19)15(18)11-17(14)20-4;1-2/h6,8,10-11,19H,5,7,9H2,1-4H3;1-2H2/b13-8+;. The van der Waals surface area contributed by atoms with Crippen LogP contribution in [-0.2, 0) is 6.42 Å². The average molecular weight is 367 g/mol. The largest absolute Gasteiger partial charge is 0.507 e. The van der Waals surface area contributed by atoms with E-state index in [9.17, 15) is 5.11 Å². The second kappa shape index (κ2) is 11.1. The molecular formula is C19H27BrO2. The number of aromatic hydroxyl groups is 1. The summed E-state index contributed by atoms with van der Waals surface area (Å²) in [6, 6.07) is 3.56. The van der Waals surface area contributed by atoms with Crippen LogP contribution >= 0.6 is 15.9 Å². The van der Waals surface area contributed by atoms with Crippen molar-refractivity contribution in [2.45, 2.75) is 40.0 Å². The number of rotatable bonds is 6. The van der Waals surface area contributed by atoms with Crippen molar-refractivity contribution in [1.29, 1.82) is 0 Å². The molecule has 0 fully saturated rings. The predicted octanol–water partition coefficient (Wildman–Crippen LogP) is 6.20. The fourth-order valence-electron chi connectivity index (χ4n) is 1.91. The Hall–Kier alpha value is -1.48. The van der Waals surface area contributed by atoms with Crippen LogP contribution in [0.4, 0.5) is 0 Å². The number of hydrogen-bond acceptors (Lipinski definition) is 2. The quantitative estimate of drug-likeness (QED) is 0.607. The molecule has 1 rings (SSSR count). The van der Waals surface area contributed by atoms with Crippen LogP contribution in [0.15, 0.2) is 53.1 Å². The van der Waals surface area contributed by atoms with E-state index in [4.69, 9.17) is 4.74 Å². The number of hydrogen-bond donors (Lipinski definition) is 1. The Bertz CT molecular complexity index is 526. The van der Waals surface area contributed by atoms with Crippen molar-refractivity contribution >= 4 is 15.9 Å². The van der Waals surface area contributed by atoms with E-state index in [0.29, 0.717) is 4.47 Å². The zero-order chi connectivity index (χ0) is 17.1. The molecule has 0 saturated heterocycles. The summed E-state index contributed by atoms with van der Waals surface area (Å²) in [6.45, 7) is 12.4. The lowest BCUT2D eigenvalue weighted by Crippen LogP contribution is -1.92. The number of allylic oxidation sites excluding steroid dienone is 4. The summed E-state index contributed by atoms with van der Waals surface area (Å²) in [7, 11) is 1.65. The third-order valence-corrected chi connectivity index (χ3v) is 3.75. The van der Waals surface area contributed by atoms with Gasteiger partial charge in [0.15, 0.2) is 0 Å². The molecule has 0 aromatic heterocycles. The monoisotopic (exact) mass is 366 g/mol. The lowest BCUT2D eigenvalue weighted by Gasteiger charge is -2.09. The molecule has 0 aliphatic heterocycles. The summed E-state index contributed by atoms with van der Waals surface area (Å²) in [5, 5.41) is 9.76. The molecule has 1 aromatic rings. The molecule has 22 heavy (non-hydrogen) atoms. The Kier molecular flexibility index (Phi) is 10.4. The van der Waals surface area contributed by atoms with Crippen molar-refractivity contribution in [2.24, 2.45) is 0 Å². The van der Waals surface area contributed by atoms with Crippen molar-refractivity contribution in [3.8, 4) is 11.5 Å². The minimum absolute atomic E-state index is 0.247. The van der Waals surface area contributed by atoms with Gasteiger partial charge < -0.3 is 9.84 Å². The van der Waals surface area contributed by atoms with Crippen LogP contribution in [0.25, 0.3) is 0 Å². The molecule has 0 aliphatic carbocycles. The van der Waals surface area contributed by atoms with E-state index in [1.54, 1.807) is 19.2 Å². The maximum atomic E-state index is 9.76. The van der Waals surface area contributed by atoms with Gasteiger partial charge in [-0.3, -0.25) is 0 Å². The van der Waals surface area contributed by atoms with Crippen LogP contribution in [0.3, 0.4) is 0 Å². The SMILES string of the molecule is C=C.COc1cc(Br)c(O)cc1C/C=C(\C)CCC=C(C)C. The first-order chi connectivity index (χ1) is 10.4. The Balaban J connectivity index is 0.00000211. The highest BCUT2D eigenvalue weighted by Gasteiger charge is 2.07.